The van der Waals surface area contributed by atoms with Crippen molar-refractivity contribution in [2.75, 3.05) is 19.8 Å². The van der Waals surface area contributed by atoms with Gasteiger partial charge in [0.15, 0.2) is 0 Å². The lowest BCUT2D eigenvalue weighted by Crippen LogP contribution is -2.23. The number of fused-ring (bicyclic) bond motifs is 1. The highest BCUT2D eigenvalue weighted by molar-refractivity contribution is 5.44. The van der Waals surface area contributed by atoms with Crippen molar-refractivity contribution in [2.24, 2.45) is 0 Å². The first-order valence-electron chi connectivity index (χ1n) is 5.94. The standard InChI is InChI=1S/C13H19NO2/c1-2-16-9-8-14-12-7-6-11-10(12)4-3-5-13(11)15/h3-5,12,14-15H,2,6-9H2,1H3. The lowest BCUT2D eigenvalue weighted by molar-refractivity contribution is 0.147. The molecule has 0 spiro atoms. The van der Waals surface area contributed by atoms with E-state index in [2.05, 4.69) is 11.4 Å². The zero-order chi connectivity index (χ0) is 11.4. The van der Waals surface area contributed by atoms with Crippen LogP contribution in [0.1, 0.15) is 30.5 Å². The Balaban J connectivity index is 1.93. The van der Waals surface area contributed by atoms with Crippen LogP contribution in [0.15, 0.2) is 18.2 Å². The van der Waals surface area contributed by atoms with Gasteiger partial charge in [0.25, 0.3) is 0 Å². The molecule has 0 aliphatic heterocycles. The number of nitrogens with one attached hydrogen (secondary N) is 1. The molecule has 1 aliphatic rings. The zero-order valence-corrected chi connectivity index (χ0v) is 9.70. The molecule has 0 amide bonds. The van der Waals surface area contributed by atoms with E-state index in [-0.39, 0.29) is 0 Å². The van der Waals surface area contributed by atoms with Gasteiger partial charge >= 0.3 is 0 Å². The lowest BCUT2D eigenvalue weighted by atomic mass is 10.1. The summed E-state index contributed by atoms with van der Waals surface area (Å²) in [5, 5.41) is 13.2. The van der Waals surface area contributed by atoms with Gasteiger partial charge in [-0.3, -0.25) is 0 Å². The van der Waals surface area contributed by atoms with E-state index in [0.717, 1.165) is 38.2 Å². The van der Waals surface area contributed by atoms with Crippen LogP contribution in [0.5, 0.6) is 5.75 Å². The van der Waals surface area contributed by atoms with Crippen molar-refractivity contribution in [3.63, 3.8) is 0 Å². The van der Waals surface area contributed by atoms with Crippen LogP contribution < -0.4 is 5.32 Å². The van der Waals surface area contributed by atoms with Crippen LogP contribution in [-0.2, 0) is 11.2 Å². The van der Waals surface area contributed by atoms with Gasteiger partial charge in [0.05, 0.1) is 6.61 Å². The van der Waals surface area contributed by atoms with Crippen LogP contribution in [0.25, 0.3) is 0 Å². The number of hydrogen-bond acceptors (Lipinski definition) is 3. The Kier molecular flexibility index (Phi) is 3.80. The summed E-state index contributed by atoms with van der Waals surface area (Å²) < 4.78 is 5.29. The minimum Gasteiger partial charge on any atom is -0.508 e. The maximum atomic E-state index is 9.71. The molecule has 2 N–H and O–H groups in total. The molecule has 16 heavy (non-hydrogen) atoms. The molecule has 1 aliphatic carbocycles. The molecule has 0 saturated carbocycles. The summed E-state index contributed by atoms with van der Waals surface area (Å²) in [5.74, 6) is 0.437. The molecule has 3 nitrogen and oxygen atoms in total. The highest BCUT2D eigenvalue weighted by atomic mass is 16.5. The number of phenolic OH excluding ortho intramolecular Hbond substituents is 1. The van der Waals surface area contributed by atoms with Crippen molar-refractivity contribution < 1.29 is 9.84 Å². The third-order valence-corrected chi connectivity index (χ3v) is 3.09. The summed E-state index contributed by atoms with van der Waals surface area (Å²) in [6.07, 6.45) is 2.04. The maximum Gasteiger partial charge on any atom is 0.119 e. The topological polar surface area (TPSA) is 41.5 Å². The monoisotopic (exact) mass is 221 g/mol. The number of benzene rings is 1. The highest BCUT2D eigenvalue weighted by Crippen LogP contribution is 2.35. The first-order chi connectivity index (χ1) is 7.83. The lowest BCUT2D eigenvalue weighted by Gasteiger charge is -2.14. The average molecular weight is 221 g/mol. The van der Waals surface area contributed by atoms with Gasteiger partial charge < -0.3 is 15.2 Å². The van der Waals surface area contributed by atoms with E-state index in [9.17, 15) is 5.11 Å². The van der Waals surface area contributed by atoms with Crippen molar-refractivity contribution in [3.8, 4) is 5.75 Å². The van der Waals surface area contributed by atoms with Gasteiger partial charge in [-0.05, 0) is 37.0 Å². The summed E-state index contributed by atoms with van der Waals surface area (Å²) in [7, 11) is 0. The second-order valence-corrected chi connectivity index (χ2v) is 4.09. The van der Waals surface area contributed by atoms with E-state index < -0.39 is 0 Å². The summed E-state index contributed by atoms with van der Waals surface area (Å²) in [4.78, 5) is 0. The fraction of sp³-hybridized carbons (Fsp3) is 0.538. The minimum absolute atomic E-state index is 0.377. The molecule has 1 atom stereocenters. The molecule has 2 rings (SSSR count). The molecule has 0 heterocycles. The van der Waals surface area contributed by atoms with E-state index in [1.165, 1.54) is 5.56 Å². The van der Waals surface area contributed by atoms with Gasteiger partial charge in [-0.15, -0.1) is 0 Å². The molecule has 0 aromatic heterocycles. The largest absolute Gasteiger partial charge is 0.508 e. The molecule has 1 aromatic carbocycles. The molecular weight excluding hydrogens is 202 g/mol. The summed E-state index contributed by atoms with van der Waals surface area (Å²) in [6.45, 7) is 4.39. The molecule has 88 valence electrons. The average Bonchev–Trinajstić information content (AvgIpc) is 2.70. The fourth-order valence-corrected chi connectivity index (χ4v) is 2.30. The van der Waals surface area contributed by atoms with Crippen LogP contribution in [0.3, 0.4) is 0 Å². The normalized spacial score (nSPS) is 18.7. The van der Waals surface area contributed by atoms with Crippen molar-refractivity contribution in [3.05, 3.63) is 29.3 Å². The van der Waals surface area contributed by atoms with Gasteiger partial charge in [-0.1, -0.05) is 12.1 Å². The number of aromatic hydroxyl groups is 1. The van der Waals surface area contributed by atoms with Crippen LogP contribution in [0, 0.1) is 0 Å². The van der Waals surface area contributed by atoms with E-state index in [4.69, 9.17) is 4.74 Å². The fourth-order valence-electron chi connectivity index (χ4n) is 2.30. The second kappa shape index (κ2) is 5.32. The molecule has 0 radical (unpaired) electrons. The maximum absolute atomic E-state index is 9.71. The van der Waals surface area contributed by atoms with Crippen LogP contribution in [0.4, 0.5) is 0 Å². The Hall–Kier alpha value is -1.06. The van der Waals surface area contributed by atoms with E-state index in [1.54, 1.807) is 6.07 Å². The van der Waals surface area contributed by atoms with Crippen molar-refractivity contribution in [2.45, 2.75) is 25.8 Å². The molecule has 1 aromatic rings. The van der Waals surface area contributed by atoms with E-state index in [0.29, 0.717) is 11.8 Å². The van der Waals surface area contributed by atoms with Crippen LogP contribution in [-0.4, -0.2) is 24.9 Å². The molecule has 1 unspecified atom stereocenters. The smallest absolute Gasteiger partial charge is 0.119 e. The van der Waals surface area contributed by atoms with Gasteiger partial charge in [0.2, 0.25) is 0 Å². The predicted octanol–water partition coefficient (Wildman–Crippen LogP) is 2.01. The van der Waals surface area contributed by atoms with Crippen molar-refractivity contribution in [1.29, 1.82) is 0 Å². The Morgan fingerprint density at radius 1 is 1.50 bits per heavy atom. The molecule has 0 saturated heterocycles. The molecule has 3 heteroatoms. The van der Waals surface area contributed by atoms with Gasteiger partial charge in [-0.25, -0.2) is 0 Å². The van der Waals surface area contributed by atoms with Crippen LogP contribution >= 0.6 is 0 Å². The zero-order valence-electron chi connectivity index (χ0n) is 9.70. The van der Waals surface area contributed by atoms with Crippen molar-refractivity contribution in [1.82, 2.24) is 5.32 Å². The minimum atomic E-state index is 0.377. The number of ether oxygens (including phenoxy) is 1. The molecule has 0 fully saturated rings. The Morgan fingerprint density at radius 2 is 2.38 bits per heavy atom. The van der Waals surface area contributed by atoms with Gasteiger partial charge in [-0.2, -0.15) is 0 Å². The predicted molar refractivity (Wildman–Crippen MR) is 63.7 cm³/mol. The number of hydrogen-bond donors (Lipinski definition) is 2. The molecular formula is C13H19NO2. The summed E-state index contributed by atoms with van der Waals surface area (Å²) >= 11 is 0. The highest BCUT2D eigenvalue weighted by Gasteiger charge is 2.23. The third-order valence-electron chi connectivity index (χ3n) is 3.09. The Bertz CT molecular complexity index is 352. The van der Waals surface area contributed by atoms with Crippen molar-refractivity contribution >= 4 is 0 Å². The Morgan fingerprint density at radius 3 is 3.19 bits per heavy atom. The Labute approximate surface area is 96.4 Å². The van der Waals surface area contributed by atoms with E-state index in [1.807, 2.05) is 13.0 Å². The first-order valence-corrected chi connectivity index (χ1v) is 5.94. The third kappa shape index (κ3) is 2.36. The summed E-state index contributed by atoms with van der Waals surface area (Å²) in [6, 6.07) is 6.15. The quantitative estimate of drug-likeness (QED) is 0.747. The number of rotatable bonds is 5. The summed E-state index contributed by atoms with van der Waals surface area (Å²) in [5.41, 5.74) is 2.35. The first kappa shape index (κ1) is 11.4. The second-order valence-electron chi connectivity index (χ2n) is 4.09. The van der Waals surface area contributed by atoms with Gasteiger partial charge in [0, 0.05) is 19.2 Å². The SMILES string of the molecule is CCOCCNC1CCc2c(O)cccc21. The number of phenols is 1. The molecule has 0 bridgehead atoms. The van der Waals surface area contributed by atoms with E-state index >= 15 is 0 Å². The van der Waals surface area contributed by atoms with Gasteiger partial charge in [0.1, 0.15) is 5.75 Å². The van der Waals surface area contributed by atoms with Crippen LogP contribution in [0.2, 0.25) is 0 Å².